The number of aliphatic carboxylic acids is 1. The van der Waals surface area contributed by atoms with Crippen LogP contribution in [0.4, 0.5) is 0 Å². The molecule has 8 atom stereocenters. The molecule has 0 amide bonds. The van der Waals surface area contributed by atoms with E-state index in [1.807, 2.05) is 0 Å². The van der Waals surface area contributed by atoms with Crippen LogP contribution in [-0.2, 0) is 4.79 Å². The summed E-state index contributed by atoms with van der Waals surface area (Å²) >= 11 is 0. The van der Waals surface area contributed by atoms with Gasteiger partial charge in [-0.2, -0.15) is 0 Å². The number of hydrogen-bond acceptors (Lipinski definition) is 2. The van der Waals surface area contributed by atoms with Crippen molar-refractivity contribution in [3.8, 4) is 0 Å². The molecular formula is C19H30O3. The van der Waals surface area contributed by atoms with Crippen molar-refractivity contribution in [1.82, 2.24) is 0 Å². The molecule has 0 unspecified atom stereocenters. The number of carbonyl (C=O) groups is 1. The van der Waals surface area contributed by atoms with Gasteiger partial charge < -0.3 is 10.2 Å². The van der Waals surface area contributed by atoms with E-state index in [1.54, 1.807) is 0 Å². The summed E-state index contributed by atoms with van der Waals surface area (Å²) in [6.45, 7) is 4.73. The minimum atomic E-state index is -0.571. The lowest BCUT2D eigenvalue weighted by atomic mass is 9.38. The molecule has 3 nitrogen and oxygen atoms in total. The highest BCUT2D eigenvalue weighted by Gasteiger charge is 2.64. The number of carboxylic acids is 1. The number of aliphatic hydroxyl groups excluding tert-OH is 1. The van der Waals surface area contributed by atoms with E-state index >= 15 is 0 Å². The third-order valence-corrected chi connectivity index (χ3v) is 8.66. The van der Waals surface area contributed by atoms with Crippen molar-refractivity contribution in [3.05, 3.63) is 0 Å². The monoisotopic (exact) mass is 306 g/mol. The lowest BCUT2D eigenvalue weighted by Gasteiger charge is -2.66. The number of aliphatic hydroxyl groups is 1. The molecule has 4 rings (SSSR count). The normalized spacial score (nSPS) is 57.0. The molecule has 0 aliphatic heterocycles. The first-order valence-corrected chi connectivity index (χ1v) is 9.27. The Labute approximate surface area is 133 Å². The highest BCUT2D eigenvalue weighted by atomic mass is 16.4. The standard InChI is InChI=1S/C19H30O3/c1-18-7-5-12(20)9-11(18)3-4-13-14(18)6-8-19(2)15(13)10-16(19)17(21)22/h11-16,20H,3-10H2,1-2H3,(H,21,22)/t11-,12+,13-,14+,15+,16-,18+,19+/m1/s1. The zero-order chi connectivity index (χ0) is 15.7. The van der Waals surface area contributed by atoms with Crippen molar-refractivity contribution in [1.29, 1.82) is 0 Å². The molecule has 0 heterocycles. The summed E-state index contributed by atoms with van der Waals surface area (Å²) in [5.41, 5.74) is 0.460. The van der Waals surface area contributed by atoms with Gasteiger partial charge in [-0.05, 0) is 85.9 Å². The lowest BCUT2D eigenvalue weighted by molar-refractivity contribution is -0.200. The van der Waals surface area contributed by atoms with Crippen LogP contribution in [0, 0.1) is 40.4 Å². The van der Waals surface area contributed by atoms with E-state index in [0.29, 0.717) is 17.3 Å². The second-order valence-corrected chi connectivity index (χ2v) is 9.26. The van der Waals surface area contributed by atoms with Crippen molar-refractivity contribution in [2.45, 2.75) is 71.3 Å². The molecule has 0 spiro atoms. The van der Waals surface area contributed by atoms with E-state index in [2.05, 4.69) is 13.8 Å². The summed E-state index contributed by atoms with van der Waals surface area (Å²) in [5, 5.41) is 19.5. The second kappa shape index (κ2) is 4.72. The van der Waals surface area contributed by atoms with Gasteiger partial charge in [-0.3, -0.25) is 4.79 Å². The third-order valence-electron chi connectivity index (χ3n) is 8.66. The zero-order valence-electron chi connectivity index (χ0n) is 13.9. The van der Waals surface area contributed by atoms with Crippen LogP contribution in [0.3, 0.4) is 0 Å². The molecule has 0 aromatic carbocycles. The first-order valence-electron chi connectivity index (χ1n) is 9.27. The molecule has 4 fully saturated rings. The van der Waals surface area contributed by atoms with Gasteiger partial charge in [-0.25, -0.2) is 0 Å². The Bertz CT molecular complexity index is 489. The largest absolute Gasteiger partial charge is 0.481 e. The predicted octanol–water partition coefficient (Wildman–Crippen LogP) is 3.70. The number of hydrogen-bond donors (Lipinski definition) is 2. The van der Waals surface area contributed by atoms with Crippen molar-refractivity contribution in [3.63, 3.8) is 0 Å². The fourth-order valence-electron chi connectivity index (χ4n) is 7.21. The van der Waals surface area contributed by atoms with Crippen molar-refractivity contribution >= 4 is 5.97 Å². The fraction of sp³-hybridized carbons (Fsp3) is 0.947. The zero-order valence-corrected chi connectivity index (χ0v) is 13.9. The maximum atomic E-state index is 11.5. The van der Waals surface area contributed by atoms with E-state index in [1.165, 1.54) is 25.7 Å². The van der Waals surface area contributed by atoms with E-state index in [-0.39, 0.29) is 17.4 Å². The van der Waals surface area contributed by atoms with E-state index in [4.69, 9.17) is 0 Å². The number of fused-ring (bicyclic) bond motifs is 5. The van der Waals surface area contributed by atoms with Crippen LogP contribution in [0.1, 0.15) is 65.2 Å². The molecule has 0 aromatic heterocycles. The maximum absolute atomic E-state index is 11.5. The molecule has 4 aliphatic rings. The number of rotatable bonds is 1. The Morgan fingerprint density at radius 1 is 0.955 bits per heavy atom. The molecule has 0 bridgehead atoms. The third kappa shape index (κ3) is 1.81. The average Bonchev–Trinajstić information content (AvgIpc) is 2.44. The van der Waals surface area contributed by atoms with Crippen LogP contribution in [0.15, 0.2) is 0 Å². The van der Waals surface area contributed by atoms with Gasteiger partial charge in [0, 0.05) is 0 Å². The SMILES string of the molecule is C[C@]12CC[C@H](O)C[C@H]1CC[C@@H]1[C@@H]2CC[C@]2(C)[C@@H](C(=O)O)C[C@@H]12. The summed E-state index contributed by atoms with van der Waals surface area (Å²) in [5.74, 6) is 2.17. The Morgan fingerprint density at radius 2 is 1.68 bits per heavy atom. The molecule has 3 heteroatoms. The molecule has 4 aliphatic carbocycles. The topological polar surface area (TPSA) is 57.5 Å². The first kappa shape index (κ1) is 15.0. The summed E-state index contributed by atoms with van der Waals surface area (Å²) in [4.78, 5) is 11.5. The van der Waals surface area contributed by atoms with Crippen LogP contribution >= 0.6 is 0 Å². The molecular weight excluding hydrogens is 276 g/mol. The van der Waals surface area contributed by atoms with Gasteiger partial charge in [0.1, 0.15) is 0 Å². The molecule has 2 N–H and O–H groups in total. The van der Waals surface area contributed by atoms with Gasteiger partial charge in [0.05, 0.1) is 12.0 Å². The highest BCUT2D eigenvalue weighted by molar-refractivity contribution is 5.72. The van der Waals surface area contributed by atoms with Crippen molar-refractivity contribution in [2.75, 3.05) is 0 Å². The van der Waals surface area contributed by atoms with Gasteiger partial charge in [-0.15, -0.1) is 0 Å². The van der Waals surface area contributed by atoms with E-state index in [9.17, 15) is 15.0 Å². The lowest BCUT2D eigenvalue weighted by Crippen LogP contribution is -2.61. The molecule has 124 valence electrons. The first-order chi connectivity index (χ1) is 10.4. The van der Waals surface area contributed by atoms with Crippen LogP contribution in [-0.4, -0.2) is 22.3 Å². The van der Waals surface area contributed by atoms with Gasteiger partial charge >= 0.3 is 5.97 Å². The number of carboxylic acid groups (broad SMARTS) is 1. The van der Waals surface area contributed by atoms with Crippen LogP contribution in [0.25, 0.3) is 0 Å². The Morgan fingerprint density at radius 3 is 2.41 bits per heavy atom. The molecule has 22 heavy (non-hydrogen) atoms. The molecule has 0 aromatic rings. The Balaban J connectivity index is 1.58. The summed E-state index contributed by atoms with van der Waals surface area (Å²) in [7, 11) is 0. The van der Waals surface area contributed by atoms with Gasteiger partial charge in [0.2, 0.25) is 0 Å². The maximum Gasteiger partial charge on any atom is 0.307 e. The molecule has 0 saturated heterocycles. The van der Waals surface area contributed by atoms with E-state index < -0.39 is 5.97 Å². The van der Waals surface area contributed by atoms with Crippen LogP contribution in [0.2, 0.25) is 0 Å². The quantitative estimate of drug-likeness (QED) is 0.776. The van der Waals surface area contributed by atoms with E-state index in [0.717, 1.165) is 37.5 Å². The van der Waals surface area contributed by atoms with Crippen molar-refractivity contribution in [2.24, 2.45) is 40.4 Å². The molecule has 4 saturated carbocycles. The van der Waals surface area contributed by atoms with Crippen molar-refractivity contribution < 1.29 is 15.0 Å². The Hall–Kier alpha value is -0.570. The van der Waals surface area contributed by atoms with Crippen LogP contribution < -0.4 is 0 Å². The molecule has 0 radical (unpaired) electrons. The van der Waals surface area contributed by atoms with Gasteiger partial charge in [-0.1, -0.05) is 13.8 Å². The van der Waals surface area contributed by atoms with Gasteiger partial charge in [0.15, 0.2) is 0 Å². The average molecular weight is 306 g/mol. The minimum Gasteiger partial charge on any atom is -0.481 e. The Kier molecular flexibility index (Phi) is 3.21. The van der Waals surface area contributed by atoms with Crippen LogP contribution in [0.5, 0.6) is 0 Å². The predicted molar refractivity (Wildman–Crippen MR) is 84.2 cm³/mol. The summed E-state index contributed by atoms with van der Waals surface area (Å²) in [6, 6.07) is 0. The summed E-state index contributed by atoms with van der Waals surface area (Å²) < 4.78 is 0. The summed E-state index contributed by atoms with van der Waals surface area (Å²) in [6.07, 6.45) is 8.80. The fourth-order valence-corrected chi connectivity index (χ4v) is 7.21. The highest BCUT2D eigenvalue weighted by Crippen LogP contribution is 2.69. The second-order valence-electron chi connectivity index (χ2n) is 9.26. The smallest absolute Gasteiger partial charge is 0.307 e. The minimum absolute atomic E-state index is 0.0599. The van der Waals surface area contributed by atoms with Gasteiger partial charge in [0.25, 0.3) is 0 Å².